The average molecular weight is 742 g/mol. The summed E-state index contributed by atoms with van der Waals surface area (Å²) in [6, 6.07) is 54.6. The molecular formula is C55H51NO. The number of hydrogen-bond donors (Lipinski definition) is 0. The van der Waals surface area contributed by atoms with Crippen LogP contribution in [0.25, 0.3) is 44.2 Å². The van der Waals surface area contributed by atoms with Crippen LogP contribution in [0.2, 0.25) is 0 Å². The Morgan fingerprint density at radius 2 is 1.02 bits per heavy atom. The summed E-state index contributed by atoms with van der Waals surface area (Å²) in [5, 5.41) is 2.37. The van der Waals surface area contributed by atoms with Crippen molar-refractivity contribution in [2.45, 2.75) is 84.0 Å². The summed E-state index contributed by atoms with van der Waals surface area (Å²) in [6.45, 7) is 20.9. The second kappa shape index (κ2) is 12.1. The Morgan fingerprint density at radius 1 is 0.456 bits per heavy atom. The monoisotopic (exact) mass is 741 g/mol. The third kappa shape index (κ3) is 5.22. The maximum atomic E-state index is 6.91. The molecule has 1 heterocycles. The standard InChI is InChI=1S/C55H51NO/c1-52(2,3)35-30-48(53(4,5)6)51-43-28-26-38(33-49(43)57-50(51)31-35)56(37-25-27-42-39-19-10-13-22-44(39)54(7,8)47(42)32-37)36-18-16-17-34(29-36)55(9)45-23-14-11-20-40(45)41-21-12-15-24-46(41)55/h10-33H,1-9H3. The summed E-state index contributed by atoms with van der Waals surface area (Å²) < 4.78 is 6.91. The van der Waals surface area contributed by atoms with E-state index in [-0.39, 0.29) is 21.7 Å². The molecule has 0 aliphatic heterocycles. The summed E-state index contributed by atoms with van der Waals surface area (Å²) in [5.74, 6) is 0. The summed E-state index contributed by atoms with van der Waals surface area (Å²) in [5.41, 5.74) is 19.3. The Balaban J connectivity index is 1.20. The van der Waals surface area contributed by atoms with Gasteiger partial charge in [-0.2, -0.15) is 0 Å². The van der Waals surface area contributed by atoms with Crippen molar-refractivity contribution >= 4 is 39.0 Å². The molecule has 0 saturated carbocycles. The minimum absolute atomic E-state index is 0.00185. The molecule has 0 spiro atoms. The highest BCUT2D eigenvalue weighted by molar-refractivity contribution is 6.08. The van der Waals surface area contributed by atoms with E-state index in [2.05, 4.69) is 213 Å². The molecule has 0 radical (unpaired) electrons. The molecule has 1 aromatic heterocycles. The molecule has 10 rings (SSSR count). The van der Waals surface area contributed by atoms with Crippen molar-refractivity contribution in [3.05, 3.63) is 185 Å². The Morgan fingerprint density at radius 3 is 1.67 bits per heavy atom. The van der Waals surface area contributed by atoms with Gasteiger partial charge in [0.15, 0.2) is 0 Å². The number of furan rings is 1. The maximum Gasteiger partial charge on any atom is 0.137 e. The van der Waals surface area contributed by atoms with Gasteiger partial charge in [-0.25, -0.2) is 0 Å². The van der Waals surface area contributed by atoms with E-state index in [9.17, 15) is 0 Å². The predicted octanol–water partition coefficient (Wildman–Crippen LogP) is 15.3. The molecule has 8 aromatic rings. The third-order valence-electron chi connectivity index (χ3n) is 13.2. The van der Waals surface area contributed by atoms with Gasteiger partial charge in [0.2, 0.25) is 0 Å². The fourth-order valence-electron chi connectivity index (χ4n) is 10.1. The molecule has 2 aliphatic rings. The van der Waals surface area contributed by atoms with Crippen molar-refractivity contribution in [1.82, 2.24) is 0 Å². The first-order valence-corrected chi connectivity index (χ1v) is 20.5. The average Bonchev–Trinajstić information content (AvgIpc) is 3.77. The first kappa shape index (κ1) is 35.5. The third-order valence-corrected chi connectivity index (χ3v) is 13.2. The second-order valence-corrected chi connectivity index (χ2v) is 19.2. The van der Waals surface area contributed by atoms with Gasteiger partial charge >= 0.3 is 0 Å². The zero-order chi connectivity index (χ0) is 39.6. The van der Waals surface area contributed by atoms with Crippen LogP contribution >= 0.6 is 0 Å². The Labute approximate surface area is 337 Å². The Kier molecular flexibility index (Phi) is 7.53. The van der Waals surface area contributed by atoms with Gasteiger partial charge in [-0.05, 0) is 121 Å². The van der Waals surface area contributed by atoms with Crippen LogP contribution in [0.4, 0.5) is 17.1 Å². The SMILES string of the molecule is CC(C)(C)c1cc(C(C)(C)C)c2c(c1)oc1cc(N(c3cccc(C4(C)c5ccccc5-c5ccccc54)c3)c3ccc4c(c3)C(C)(C)c3ccccc3-4)ccc12. The highest BCUT2D eigenvalue weighted by Crippen LogP contribution is 2.54. The molecule has 2 heteroatoms. The lowest BCUT2D eigenvalue weighted by atomic mass is 9.74. The van der Waals surface area contributed by atoms with Crippen LogP contribution in [0, 0.1) is 0 Å². The van der Waals surface area contributed by atoms with Gasteiger partial charge in [-0.15, -0.1) is 0 Å². The van der Waals surface area contributed by atoms with Gasteiger partial charge < -0.3 is 9.32 Å². The molecule has 0 saturated heterocycles. The smallest absolute Gasteiger partial charge is 0.137 e. The van der Waals surface area contributed by atoms with E-state index in [1.165, 1.54) is 66.6 Å². The van der Waals surface area contributed by atoms with Crippen LogP contribution in [-0.2, 0) is 21.7 Å². The minimum atomic E-state index is -0.312. The first-order valence-electron chi connectivity index (χ1n) is 20.5. The van der Waals surface area contributed by atoms with Crippen LogP contribution in [0.5, 0.6) is 0 Å². The summed E-state index contributed by atoms with van der Waals surface area (Å²) in [6.07, 6.45) is 0. The minimum Gasteiger partial charge on any atom is -0.456 e. The Bertz CT molecular complexity index is 2880. The molecule has 0 unspecified atom stereocenters. The molecule has 7 aromatic carbocycles. The van der Waals surface area contributed by atoms with E-state index in [0.29, 0.717) is 0 Å². The van der Waals surface area contributed by atoms with Crippen molar-refractivity contribution in [1.29, 1.82) is 0 Å². The van der Waals surface area contributed by atoms with Gasteiger partial charge in [0.05, 0.1) is 0 Å². The van der Waals surface area contributed by atoms with Crippen molar-refractivity contribution in [3.63, 3.8) is 0 Å². The molecule has 2 nitrogen and oxygen atoms in total. The zero-order valence-corrected chi connectivity index (χ0v) is 34.7. The summed E-state index contributed by atoms with van der Waals surface area (Å²) >= 11 is 0. The van der Waals surface area contributed by atoms with E-state index in [0.717, 1.165) is 33.6 Å². The summed E-state index contributed by atoms with van der Waals surface area (Å²) in [4.78, 5) is 2.44. The van der Waals surface area contributed by atoms with Crippen LogP contribution in [0.1, 0.15) is 101 Å². The number of anilines is 3. The van der Waals surface area contributed by atoms with E-state index in [1.807, 2.05) is 0 Å². The quantitative estimate of drug-likeness (QED) is 0.179. The fraction of sp³-hybridized carbons (Fsp3) is 0.236. The fourth-order valence-corrected chi connectivity index (χ4v) is 10.1. The van der Waals surface area contributed by atoms with Gasteiger partial charge in [0.1, 0.15) is 11.2 Å². The summed E-state index contributed by atoms with van der Waals surface area (Å²) in [7, 11) is 0. The van der Waals surface area contributed by atoms with Crippen LogP contribution in [-0.4, -0.2) is 0 Å². The van der Waals surface area contributed by atoms with E-state index >= 15 is 0 Å². The zero-order valence-electron chi connectivity index (χ0n) is 34.7. The lowest BCUT2D eigenvalue weighted by Gasteiger charge is -2.32. The second-order valence-electron chi connectivity index (χ2n) is 19.2. The molecular weight excluding hydrogens is 691 g/mol. The first-order chi connectivity index (χ1) is 27.2. The molecule has 282 valence electrons. The maximum absolute atomic E-state index is 6.91. The largest absolute Gasteiger partial charge is 0.456 e. The van der Waals surface area contributed by atoms with Crippen molar-refractivity contribution in [2.75, 3.05) is 4.90 Å². The molecule has 0 fully saturated rings. The van der Waals surface area contributed by atoms with Crippen molar-refractivity contribution in [3.8, 4) is 22.3 Å². The lowest BCUT2D eigenvalue weighted by Crippen LogP contribution is -2.23. The molecule has 0 bridgehead atoms. The number of fused-ring (bicyclic) bond motifs is 9. The topological polar surface area (TPSA) is 16.4 Å². The Hall–Kier alpha value is -5.86. The number of benzene rings is 7. The van der Waals surface area contributed by atoms with Gasteiger partial charge in [0, 0.05) is 44.7 Å². The van der Waals surface area contributed by atoms with Gasteiger partial charge in [-0.1, -0.05) is 152 Å². The van der Waals surface area contributed by atoms with Crippen molar-refractivity contribution < 1.29 is 4.42 Å². The van der Waals surface area contributed by atoms with E-state index in [4.69, 9.17) is 4.42 Å². The highest BCUT2D eigenvalue weighted by Gasteiger charge is 2.41. The van der Waals surface area contributed by atoms with Crippen LogP contribution in [0.15, 0.2) is 150 Å². The number of rotatable bonds is 4. The van der Waals surface area contributed by atoms with E-state index in [1.54, 1.807) is 0 Å². The van der Waals surface area contributed by atoms with Crippen LogP contribution < -0.4 is 4.90 Å². The number of hydrogen-bond acceptors (Lipinski definition) is 2. The highest BCUT2D eigenvalue weighted by atomic mass is 16.3. The normalized spacial score (nSPS) is 15.0. The molecule has 2 aliphatic carbocycles. The van der Waals surface area contributed by atoms with Crippen LogP contribution in [0.3, 0.4) is 0 Å². The van der Waals surface area contributed by atoms with E-state index < -0.39 is 0 Å². The van der Waals surface area contributed by atoms with Gasteiger partial charge in [-0.3, -0.25) is 0 Å². The molecule has 57 heavy (non-hydrogen) atoms. The molecule has 0 amide bonds. The predicted molar refractivity (Wildman–Crippen MR) is 241 cm³/mol. The van der Waals surface area contributed by atoms with Gasteiger partial charge in [0.25, 0.3) is 0 Å². The molecule has 0 atom stereocenters. The lowest BCUT2D eigenvalue weighted by molar-refractivity contribution is 0.569. The molecule has 0 N–H and O–H groups in total. The van der Waals surface area contributed by atoms with Crippen molar-refractivity contribution in [2.24, 2.45) is 0 Å². The number of nitrogens with zero attached hydrogens (tertiary/aromatic N) is 1.